The van der Waals surface area contributed by atoms with Gasteiger partial charge in [0.05, 0.1) is 37.6 Å². The molecular weight excluding hydrogens is 619 g/mol. The number of pyridine rings is 1. The maximum atomic E-state index is 12.7. The van der Waals surface area contributed by atoms with Crippen LogP contribution in [0.2, 0.25) is 10.0 Å². The minimum absolute atomic E-state index is 0.0308. The molecule has 0 unspecified atom stereocenters. The molecule has 0 aliphatic carbocycles. The van der Waals surface area contributed by atoms with Crippen molar-refractivity contribution in [2.45, 2.75) is 11.4 Å². The number of carbonyl (C=O) groups is 1. The normalized spacial score (nSPS) is 10.5. The molecule has 4 aromatic rings. The number of nitrogens with zero attached hydrogens (tertiary/aromatic N) is 4. The van der Waals surface area contributed by atoms with E-state index in [-0.39, 0.29) is 45.6 Å². The molecule has 0 aliphatic heterocycles. The van der Waals surface area contributed by atoms with Gasteiger partial charge in [0.25, 0.3) is 0 Å². The molecule has 0 fully saturated rings. The molecule has 2 aromatic heterocycles. The van der Waals surface area contributed by atoms with Gasteiger partial charge in [0.2, 0.25) is 11.7 Å². The van der Waals surface area contributed by atoms with Gasteiger partial charge in [-0.1, -0.05) is 23.2 Å². The molecular formula is C28H22Cl2N6O4S2. The maximum absolute atomic E-state index is 12.7. The summed E-state index contributed by atoms with van der Waals surface area (Å²) in [6.45, 7) is 0. The van der Waals surface area contributed by atoms with Crippen LogP contribution in [0, 0.1) is 22.7 Å². The highest BCUT2D eigenvalue weighted by atomic mass is 35.5. The average molecular weight is 642 g/mol. The fourth-order valence-corrected chi connectivity index (χ4v) is 6.16. The number of carbonyl (C=O) groups excluding carboxylic acids is 1. The summed E-state index contributed by atoms with van der Waals surface area (Å²) in [7, 11) is 4.40. The Labute approximate surface area is 260 Å². The second-order valence-corrected chi connectivity index (χ2v) is 11.2. The van der Waals surface area contributed by atoms with Gasteiger partial charge in [0.1, 0.15) is 28.5 Å². The Balaban J connectivity index is 1.55. The summed E-state index contributed by atoms with van der Waals surface area (Å²) >= 11 is 14.7. The first-order valence-electron chi connectivity index (χ1n) is 12.0. The molecule has 0 radical (unpaired) electrons. The Bertz CT molecular complexity index is 1720. The van der Waals surface area contributed by atoms with Crippen molar-refractivity contribution in [1.29, 1.82) is 10.5 Å². The lowest BCUT2D eigenvalue weighted by atomic mass is 9.96. The van der Waals surface area contributed by atoms with Gasteiger partial charge in [-0.15, -0.1) is 23.1 Å². The van der Waals surface area contributed by atoms with Crippen molar-refractivity contribution < 1.29 is 19.0 Å². The lowest BCUT2D eigenvalue weighted by molar-refractivity contribution is -0.115. The molecule has 0 spiro atoms. The van der Waals surface area contributed by atoms with Crippen LogP contribution in [0.25, 0.3) is 22.4 Å². The molecule has 214 valence electrons. The van der Waals surface area contributed by atoms with E-state index < -0.39 is 0 Å². The van der Waals surface area contributed by atoms with Crippen molar-refractivity contribution in [2.75, 3.05) is 38.1 Å². The number of thiazole rings is 1. The van der Waals surface area contributed by atoms with E-state index in [1.54, 1.807) is 35.7 Å². The minimum atomic E-state index is -0.282. The number of ether oxygens (including phenoxy) is 3. The lowest BCUT2D eigenvalue weighted by Crippen LogP contribution is -2.12. The highest BCUT2D eigenvalue weighted by Crippen LogP contribution is 2.44. The predicted molar refractivity (Wildman–Crippen MR) is 165 cm³/mol. The van der Waals surface area contributed by atoms with E-state index in [2.05, 4.69) is 21.4 Å². The fourth-order valence-electron chi connectivity index (χ4n) is 3.99. The summed E-state index contributed by atoms with van der Waals surface area (Å²) in [5.74, 6) is 0.967. The van der Waals surface area contributed by atoms with Crippen molar-refractivity contribution in [3.05, 3.63) is 56.9 Å². The third-order valence-electron chi connectivity index (χ3n) is 5.89. The first-order valence-corrected chi connectivity index (χ1v) is 14.6. The van der Waals surface area contributed by atoms with Crippen LogP contribution in [0.15, 0.2) is 40.7 Å². The van der Waals surface area contributed by atoms with Crippen LogP contribution >= 0.6 is 46.3 Å². The number of hydrogen-bond donors (Lipinski definition) is 2. The quantitative estimate of drug-likeness (QED) is 0.180. The molecule has 2 heterocycles. The summed E-state index contributed by atoms with van der Waals surface area (Å²) in [5, 5.41) is 26.2. The van der Waals surface area contributed by atoms with E-state index in [0.29, 0.717) is 49.2 Å². The number of nitrogens with one attached hydrogen (secondary N) is 1. The summed E-state index contributed by atoms with van der Waals surface area (Å²) in [6, 6.07) is 12.5. The number of benzene rings is 2. The second-order valence-electron chi connectivity index (χ2n) is 8.37. The van der Waals surface area contributed by atoms with Gasteiger partial charge in [-0.25, -0.2) is 9.97 Å². The van der Waals surface area contributed by atoms with Crippen molar-refractivity contribution in [3.63, 3.8) is 0 Å². The van der Waals surface area contributed by atoms with Gasteiger partial charge in [-0.3, -0.25) is 4.79 Å². The number of aromatic nitrogens is 2. The van der Waals surface area contributed by atoms with E-state index >= 15 is 0 Å². The Morgan fingerprint density at radius 1 is 1.05 bits per heavy atom. The number of halogens is 2. The first-order chi connectivity index (χ1) is 20.2. The van der Waals surface area contributed by atoms with Crippen molar-refractivity contribution in [2.24, 2.45) is 0 Å². The molecule has 14 heteroatoms. The molecule has 4 rings (SSSR count). The maximum Gasteiger partial charge on any atom is 0.226 e. The molecule has 1 amide bonds. The van der Waals surface area contributed by atoms with E-state index in [9.17, 15) is 15.3 Å². The number of methoxy groups -OCH3 is 3. The Morgan fingerprint density at radius 3 is 2.33 bits per heavy atom. The van der Waals surface area contributed by atoms with Crippen LogP contribution < -0.4 is 25.3 Å². The zero-order chi connectivity index (χ0) is 30.4. The van der Waals surface area contributed by atoms with E-state index in [1.807, 2.05) is 6.07 Å². The van der Waals surface area contributed by atoms with Crippen LogP contribution in [-0.2, 0) is 4.79 Å². The SMILES string of the molecule is COc1cc(-c2c(C#N)c(N)nc(SCCC(=O)Nc3nc(-c4ccc(Cl)cc4Cl)cs3)c2C#N)cc(OC)c1OC. The number of nitrogens with two attached hydrogens (primary N) is 1. The smallest absolute Gasteiger partial charge is 0.226 e. The highest BCUT2D eigenvalue weighted by Gasteiger charge is 2.24. The third kappa shape index (κ3) is 6.48. The Kier molecular flexibility index (Phi) is 9.99. The standard InChI is InChI=1S/C28H22Cl2N6O4S2/c1-38-21-8-14(9-22(39-2)25(21)40-3)24-17(11-31)26(33)36-27(18(24)12-32)41-7-6-23(37)35-28-34-20(13-42-28)16-5-4-15(29)10-19(16)30/h4-5,8-10,13H,6-7H2,1-3H3,(H2,33,36)(H,34,35,37). The van der Waals surface area contributed by atoms with Crippen LogP contribution in [0.4, 0.5) is 10.9 Å². The summed E-state index contributed by atoms with van der Waals surface area (Å²) in [4.78, 5) is 21.4. The van der Waals surface area contributed by atoms with Gasteiger partial charge in [-0.2, -0.15) is 10.5 Å². The monoisotopic (exact) mass is 640 g/mol. The number of nitrogen functional groups attached to an aromatic ring is 1. The number of rotatable bonds is 10. The van der Waals surface area contributed by atoms with Gasteiger partial charge < -0.3 is 25.3 Å². The van der Waals surface area contributed by atoms with E-state index in [4.69, 9.17) is 43.1 Å². The number of hydrogen-bond acceptors (Lipinski definition) is 11. The summed E-state index contributed by atoms with van der Waals surface area (Å²) < 4.78 is 16.3. The Hall–Kier alpha value is -4.20. The van der Waals surface area contributed by atoms with Crippen molar-refractivity contribution in [1.82, 2.24) is 9.97 Å². The molecule has 0 saturated heterocycles. The number of nitriles is 2. The number of anilines is 2. The molecule has 3 N–H and O–H groups in total. The predicted octanol–water partition coefficient (Wildman–Crippen LogP) is 6.65. The molecule has 2 aromatic carbocycles. The second kappa shape index (κ2) is 13.6. The summed E-state index contributed by atoms with van der Waals surface area (Å²) in [6.07, 6.45) is 0.0905. The van der Waals surface area contributed by atoms with Gasteiger partial charge in [0, 0.05) is 33.7 Å². The number of thioether (sulfide) groups is 1. The molecule has 0 aliphatic rings. The fraction of sp³-hybridized carbons (Fsp3) is 0.179. The van der Waals surface area contributed by atoms with Crippen LogP contribution in [0.1, 0.15) is 17.5 Å². The molecule has 0 bridgehead atoms. The van der Waals surface area contributed by atoms with Crippen LogP contribution in [0.5, 0.6) is 17.2 Å². The summed E-state index contributed by atoms with van der Waals surface area (Å²) in [5.41, 5.74) is 8.34. The van der Waals surface area contributed by atoms with Gasteiger partial charge >= 0.3 is 0 Å². The van der Waals surface area contributed by atoms with E-state index in [1.165, 1.54) is 44.4 Å². The molecule has 10 nitrogen and oxygen atoms in total. The van der Waals surface area contributed by atoms with Crippen molar-refractivity contribution >= 4 is 63.2 Å². The number of amides is 1. The third-order valence-corrected chi connectivity index (χ3v) is 8.18. The molecule has 42 heavy (non-hydrogen) atoms. The zero-order valence-corrected chi connectivity index (χ0v) is 25.6. The minimum Gasteiger partial charge on any atom is -0.493 e. The van der Waals surface area contributed by atoms with Crippen LogP contribution in [0.3, 0.4) is 0 Å². The molecule has 0 saturated carbocycles. The van der Waals surface area contributed by atoms with Crippen LogP contribution in [-0.4, -0.2) is 43.0 Å². The average Bonchev–Trinajstić information content (AvgIpc) is 3.43. The van der Waals surface area contributed by atoms with Gasteiger partial charge in [0.15, 0.2) is 16.6 Å². The largest absolute Gasteiger partial charge is 0.493 e. The Morgan fingerprint density at radius 2 is 1.74 bits per heavy atom. The molecule has 0 atom stereocenters. The highest BCUT2D eigenvalue weighted by molar-refractivity contribution is 7.99. The first kappa shape index (κ1) is 30.8. The topological polar surface area (TPSA) is 156 Å². The lowest BCUT2D eigenvalue weighted by Gasteiger charge is -2.17. The van der Waals surface area contributed by atoms with Gasteiger partial charge in [-0.05, 0) is 35.9 Å². The zero-order valence-electron chi connectivity index (χ0n) is 22.4. The van der Waals surface area contributed by atoms with Crippen molar-refractivity contribution in [3.8, 4) is 51.8 Å². The van der Waals surface area contributed by atoms with E-state index in [0.717, 1.165) is 0 Å².